The van der Waals surface area contributed by atoms with Gasteiger partial charge in [0.05, 0.1) is 5.69 Å². The molecule has 0 atom stereocenters. The number of nitrogens with zero attached hydrogens (tertiary/aromatic N) is 1. The number of rotatable bonds is 4. The topological polar surface area (TPSA) is 57.2 Å². The number of aromatic nitrogens is 1. The summed E-state index contributed by atoms with van der Waals surface area (Å²) in [5.74, 6) is -0.763. The van der Waals surface area contributed by atoms with Crippen molar-refractivity contribution >= 4 is 11.7 Å². The number of anilines is 1. The Balaban J connectivity index is 2.07. The highest BCUT2D eigenvalue weighted by Crippen LogP contribution is 2.18. The summed E-state index contributed by atoms with van der Waals surface area (Å²) in [6.45, 7) is 4.01. The van der Waals surface area contributed by atoms with Crippen LogP contribution in [0.4, 0.5) is 10.1 Å². The molecule has 0 aliphatic rings. The Morgan fingerprint density at radius 1 is 1.35 bits per heavy atom. The third kappa shape index (κ3) is 3.17. The van der Waals surface area contributed by atoms with Gasteiger partial charge in [-0.15, -0.1) is 0 Å². The monoisotopic (exact) mass is 276 g/mol. The molecule has 20 heavy (non-hydrogen) atoms. The number of nitrogens with two attached hydrogens (primary N) is 1. The lowest BCUT2D eigenvalue weighted by Crippen LogP contribution is -2.13. The number of nitrogen functional groups attached to an aromatic ring is 1. The van der Waals surface area contributed by atoms with Crippen molar-refractivity contribution in [3.8, 4) is 0 Å². The summed E-state index contributed by atoms with van der Waals surface area (Å²) in [7, 11) is 0. The summed E-state index contributed by atoms with van der Waals surface area (Å²) in [4.78, 5) is 12.1. The van der Waals surface area contributed by atoms with E-state index in [1.165, 1.54) is 12.1 Å². The number of hydrogen-bond donors (Lipinski definition) is 1. The first-order valence-electron chi connectivity index (χ1n) is 6.36. The van der Waals surface area contributed by atoms with Gasteiger partial charge in [-0.05, 0) is 37.6 Å². The van der Waals surface area contributed by atoms with Crippen LogP contribution in [-0.4, -0.2) is 10.5 Å². The minimum absolute atomic E-state index is 0.0995. The van der Waals surface area contributed by atoms with Gasteiger partial charge in [0.15, 0.2) is 0 Å². The van der Waals surface area contributed by atoms with Gasteiger partial charge in [0.25, 0.3) is 0 Å². The summed E-state index contributed by atoms with van der Waals surface area (Å²) in [6.07, 6.45) is 1.71. The number of esters is 1. The minimum Gasteiger partial charge on any atom is -0.456 e. The third-order valence-corrected chi connectivity index (χ3v) is 2.92. The molecule has 5 heteroatoms. The molecule has 0 amide bonds. The lowest BCUT2D eigenvalue weighted by Gasteiger charge is -2.12. The van der Waals surface area contributed by atoms with Gasteiger partial charge in [-0.25, -0.2) is 9.18 Å². The SMILES string of the molecule is CC(C)n1cc(N)cc1C(=O)OCc1ccc(F)cc1. The second-order valence-electron chi connectivity index (χ2n) is 4.86. The van der Waals surface area contributed by atoms with E-state index in [9.17, 15) is 9.18 Å². The van der Waals surface area contributed by atoms with Gasteiger partial charge >= 0.3 is 5.97 Å². The summed E-state index contributed by atoms with van der Waals surface area (Å²) < 4.78 is 19.8. The van der Waals surface area contributed by atoms with Crippen molar-refractivity contribution in [2.24, 2.45) is 0 Å². The zero-order valence-corrected chi connectivity index (χ0v) is 11.5. The first-order chi connectivity index (χ1) is 9.47. The van der Waals surface area contributed by atoms with Crippen LogP contribution in [0.25, 0.3) is 0 Å². The standard InChI is InChI=1S/C15H17FN2O2/c1-10(2)18-8-13(17)7-14(18)15(19)20-9-11-3-5-12(16)6-4-11/h3-8,10H,9,17H2,1-2H3. The van der Waals surface area contributed by atoms with E-state index in [0.29, 0.717) is 11.4 Å². The molecule has 0 saturated heterocycles. The summed E-state index contributed by atoms with van der Waals surface area (Å²) >= 11 is 0. The van der Waals surface area contributed by atoms with Crippen molar-refractivity contribution in [1.82, 2.24) is 4.57 Å². The van der Waals surface area contributed by atoms with E-state index in [0.717, 1.165) is 5.56 Å². The normalized spacial score (nSPS) is 10.8. The molecule has 2 rings (SSSR count). The van der Waals surface area contributed by atoms with Crippen molar-refractivity contribution in [3.05, 3.63) is 53.6 Å². The zero-order valence-electron chi connectivity index (χ0n) is 11.5. The molecule has 0 fully saturated rings. The van der Waals surface area contributed by atoms with E-state index in [1.807, 2.05) is 13.8 Å². The quantitative estimate of drug-likeness (QED) is 0.873. The molecule has 1 aromatic carbocycles. The van der Waals surface area contributed by atoms with Crippen LogP contribution in [0.3, 0.4) is 0 Å². The molecule has 0 unspecified atom stereocenters. The van der Waals surface area contributed by atoms with Gasteiger partial charge in [-0.2, -0.15) is 0 Å². The lowest BCUT2D eigenvalue weighted by atomic mass is 10.2. The van der Waals surface area contributed by atoms with E-state index in [-0.39, 0.29) is 18.5 Å². The summed E-state index contributed by atoms with van der Waals surface area (Å²) in [5, 5.41) is 0. The van der Waals surface area contributed by atoms with Crippen LogP contribution in [0.5, 0.6) is 0 Å². The van der Waals surface area contributed by atoms with Crippen LogP contribution >= 0.6 is 0 Å². The molecule has 0 saturated carbocycles. The highest BCUT2D eigenvalue weighted by Gasteiger charge is 2.16. The Morgan fingerprint density at radius 2 is 2.00 bits per heavy atom. The maximum atomic E-state index is 12.8. The van der Waals surface area contributed by atoms with Gasteiger partial charge in [-0.3, -0.25) is 0 Å². The predicted molar refractivity (Wildman–Crippen MR) is 74.7 cm³/mol. The van der Waals surface area contributed by atoms with Crippen LogP contribution < -0.4 is 5.73 Å². The van der Waals surface area contributed by atoms with Crippen molar-refractivity contribution in [1.29, 1.82) is 0 Å². The van der Waals surface area contributed by atoms with E-state index in [4.69, 9.17) is 10.5 Å². The predicted octanol–water partition coefficient (Wildman–Crippen LogP) is 3.15. The highest BCUT2D eigenvalue weighted by molar-refractivity contribution is 5.89. The molecule has 1 heterocycles. The van der Waals surface area contributed by atoms with Crippen molar-refractivity contribution in [3.63, 3.8) is 0 Å². The van der Waals surface area contributed by atoms with Gasteiger partial charge < -0.3 is 15.0 Å². The second kappa shape index (κ2) is 5.77. The second-order valence-corrected chi connectivity index (χ2v) is 4.86. The maximum absolute atomic E-state index is 12.8. The van der Waals surface area contributed by atoms with Crippen molar-refractivity contribution in [2.75, 3.05) is 5.73 Å². The summed E-state index contributed by atoms with van der Waals surface area (Å²) in [6, 6.07) is 7.53. The Morgan fingerprint density at radius 3 is 2.60 bits per heavy atom. The third-order valence-electron chi connectivity index (χ3n) is 2.92. The first kappa shape index (κ1) is 14.1. The maximum Gasteiger partial charge on any atom is 0.355 e. The fourth-order valence-electron chi connectivity index (χ4n) is 1.89. The van der Waals surface area contributed by atoms with Gasteiger partial charge in [0.1, 0.15) is 18.1 Å². The van der Waals surface area contributed by atoms with Crippen LogP contribution in [0.1, 0.15) is 35.9 Å². The van der Waals surface area contributed by atoms with Crippen LogP contribution in [0.15, 0.2) is 36.5 Å². The highest BCUT2D eigenvalue weighted by atomic mass is 19.1. The molecule has 0 spiro atoms. The number of carbonyl (C=O) groups is 1. The molecule has 2 aromatic rings. The first-order valence-corrected chi connectivity index (χ1v) is 6.36. The minimum atomic E-state index is -0.445. The molecule has 2 N–H and O–H groups in total. The average Bonchev–Trinajstić information content (AvgIpc) is 2.80. The fourth-order valence-corrected chi connectivity index (χ4v) is 1.89. The molecule has 106 valence electrons. The van der Waals surface area contributed by atoms with Crippen LogP contribution in [0.2, 0.25) is 0 Å². The number of halogens is 1. The number of benzene rings is 1. The Kier molecular flexibility index (Phi) is 4.08. The number of ether oxygens (including phenoxy) is 1. The van der Waals surface area contributed by atoms with Gasteiger partial charge in [-0.1, -0.05) is 12.1 Å². The van der Waals surface area contributed by atoms with E-state index in [1.54, 1.807) is 29.0 Å². The molecule has 0 bridgehead atoms. The van der Waals surface area contributed by atoms with E-state index < -0.39 is 5.97 Å². The van der Waals surface area contributed by atoms with Crippen LogP contribution in [-0.2, 0) is 11.3 Å². The van der Waals surface area contributed by atoms with Crippen molar-refractivity contribution in [2.45, 2.75) is 26.5 Å². The van der Waals surface area contributed by atoms with Crippen LogP contribution in [0, 0.1) is 5.82 Å². The molecule has 0 aliphatic carbocycles. The molecule has 0 aliphatic heterocycles. The Labute approximate surface area is 117 Å². The molecular weight excluding hydrogens is 259 g/mol. The lowest BCUT2D eigenvalue weighted by molar-refractivity contribution is 0.0458. The Bertz CT molecular complexity index is 603. The average molecular weight is 276 g/mol. The molecule has 1 aromatic heterocycles. The Hall–Kier alpha value is -2.30. The summed E-state index contributed by atoms with van der Waals surface area (Å²) in [5.41, 5.74) is 7.38. The van der Waals surface area contributed by atoms with Gasteiger partial charge in [0.2, 0.25) is 0 Å². The molecule has 0 radical (unpaired) electrons. The van der Waals surface area contributed by atoms with E-state index >= 15 is 0 Å². The van der Waals surface area contributed by atoms with Crippen molar-refractivity contribution < 1.29 is 13.9 Å². The number of carbonyl (C=O) groups excluding carboxylic acids is 1. The number of hydrogen-bond acceptors (Lipinski definition) is 3. The van der Waals surface area contributed by atoms with Gasteiger partial charge in [0, 0.05) is 12.2 Å². The zero-order chi connectivity index (χ0) is 14.7. The smallest absolute Gasteiger partial charge is 0.355 e. The largest absolute Gasteiger partial charge is 0.456 e. The molecule has 4 nitrogen and oxygen atoms in total. The fraction of sp³-hybridized carbons (Fsp3) is 0.267. The van der Waals surface area contributed by atoms with E-state index in [2.05, 4.69) is 0 Å². The molecular formula is C15H17FN2O2.